The molecule has 0 aromatic heterocycles. The monoisotopic (exact) mass is 362 g/mol. The molecule has 1 aliphatic heterocycles. The summed E-state index contributed by atoms with van der Waals surface area (Å²) >= 11 is 0. The highest BCUT2D eigenvalue weighted by Crippen LogP contribution is 2.29. The maximum absolute atomic E-state index is 13.7. The van der Waals surface area contributed by atoms with Crippen LogP contribution in [0.1, 0.15) is 13.3 Å². The van der Waals surface area contributed by atoms with Gasteiger partial charge in [-0.3, -0.25) is 0 Å². The Hall–Kier alpha value is -0.900. The molecule has 1 aromatic carbocycles. The molecule has 4 nitrogen and oxygen atoms in total. The van der Waals surface area contributed by atoms with E-state index in [1.54, 1.807) is 6.92 Å². The predicted molar refractivity (Wildman–Crippen MR) is 74.0 cm³/mol. The highest BCUT2D eigenvalue weighted by atomic mass is 35.5. The Labute approximate surface area is 131 Å². The van der Waals surface area contributed by atoms with Crippen molar-refractivity contribution >= 4 is 22.4 Å². The number of hydrogen-bond acceptors (Lipinski definition) is 3. The van der Waals surface area contributed by atoms with Gasteiger partial charge in [-0.25, -0.2) is 26.0 Å². The van der Waals surface area contributed by atoms with Crippen LogP contribution in [0.5, 0.6) is 0 Å². The van der Waals surface area contributed by atoms with Gasteiger partial charge in [0, 0.05) is 25.2 Å². The van der Waals surface area contributed by atoms with Crippen LogP contribution in [0.4, 0.5) is 17.6 Å². The summed E-state index contributed by atoms with van der Waals surface area (Å²) in [5.41, 5.74) is 5.74. The molecule has 1 aromatic rings. The average Bonchev–Trinajstić information content (AvgIpc) is 2.39. The van der Waals surface area contributed by atoms with Gasteiger partial charge in [0.15, 0.2) is 28.2 Å². The van der Waals surface area contributed by atoms with E-state index in [-0.39, 0.29) is 43.5 Å². The van der Waals surface area contributed by atoms with Gasteiger partial charge in [0.2, 0.25) is 10.0 Å². The van der Waals surface area contributed by atoms with Gasteiger partial charge in [0.1, 0.15) is 0 Å². The number of halogens is 5. The Morgan fingerprint density at radius 3 is 2.14 bits per heavy atom. The van der Waals surface area contributed by atoms with Crippen molar-refractivity contribution in [3.8, 4) is 0 Å². The number of hydrogen-bond donors (Lipinski definition) is 1. The van der Waals surface area contributed by atoms with E-state index in [1.165, 1.54) is 0 Å². The lowest BCUT2D eigenvalue weighted by molar-refractivity contribution is 0.248. The third kappa shape index (κ3) is 3.22. The van der Waals surface area contributed by atoms with Crippen LogP contribution in [0.2, 0.25) is 0 Å². The van der Waals surface area contributed by atoms with Crippen LogP contribution in [0.15, 0.2) is 11.0 Å². The standard InChI is InChI=1S/C12H14F4N2O2S.ClH/c1-6-5-18(3-2-9(6)17)21(19,20)12-10(15)7(13)4-8(14)11(12)16;/h4,6,9H,2-3,5,17H2,1H3;1H. The van der Waals surface area contributed by atoms with Crippen molar-refractivity contribution in [3.63, 3.8) is 0 Å². The van der Waals surface area contributed by atoms with Gasteiger partial charge in [0.05, 0.1) is 0 Å². The Morgan fingerprint density at radius 2 is 1.68 bits per heavy atom. The molecule has 0 aliphatic carbocycles. The van der Waals surface area contributed by atoms with Gasteiger partial charge in [-0.1, -0.05) is 6.92 Å². The van der Waals surface area contributed by atoms with Crippen LogP contribution in [0.25, 0.3) is 0 Å². The molecule has 2 unspecified atom stereocenters. The zero-order valence-corrected chi connectivity index (χ0v) is 13.2. The lowest BCUT2D eigenvalue weighted by Crippen LogP contribution is -2.48. The van der Waals surface area contributed by atoms with Gasteiger partial charge >= 0.3 is 0 Å². The van der Waals surface area contributed by atoms with Crippen molar-refractivity contribution in [1.82, 2.24) is 4.31 Å². The molecule has 1 heterocycles. The summed E-state index contributed by atoms with van der Waals surface area (Å²) in [5, 5.41) is 0. The van der Waals surface area contributed by atoms with Gasteiger partial charge in [-0.2, -0.15) is 4.31 Å². The first-order chi connectivity index (χ1) is 9.66. The van der Waals surface area contributed by atoms with Gasteiger partial charge in [-0.05, 0) is 12.3 Å². The summed E-state index contributed by atoms with van der Waals surface area (Å²) < 4.78 is 79.0. The molecule has 1 saturated heterocycles. The maximum Gasteiger partial charge on any atom is 0.249 e. The zero-order valence-electron chi connectivity index (χ0n) is 11.5. The van der Waals surface area contributed by atoms with E-state index >= 15 is 0 Å². The molecule has 1 fully saturated rings. The normalized spacial score (nSPS) is 23.2. The summed E-state index contributed by atoms with van der Waals surface area (Å²) in [6.45, 7) is 1.55. The van der Waals surface area contributed by atoms with Gasteiger partial charge in [-0.15, -0.1) is 12.4 Å². The second kappa shape index (κ2) is 6.69. The lowest BCUT2D eigenvalue weighted by atomic mass is 9.96. The molecule has 0 spiro atoms. The van der Waals surface area contributed by atoms with E-state index < -0.39 is 38.2 Å². The smallest absolute Gasteiger partial charge is 0.249 e. The number of piperidine rings is 1. The van der Waals surface area contributed by atoms with Crippen molar-refractivity contribution in [3.05, 3.63) is 29.3 Å². The molecule has 0 amide bonds. The molecule has 0 saturated carbocycles. The van der Waals surface area contributed by atoms with Crippen LogP contribution in [-0.4, -0.2) is 31.9 Å². The highest BCUT2D eigenvalue weighted by molar-refractivity contribution is 7.89. The van der Waals surface area contributed by atoms with Gasteiger partial charge in [0.25, 0.3) is 0 Å². The molecular formula is C12H15ClF4N2O2S. The molecule has 0 radical (unpaired) electrons. The van der Waals surface area contributed by atoms with Crippen molar-refractivity contribution in [1.29, 1.82) is 0 Å². The Balaban J connectivity index is 0.00000242. The molecule has 0 bridgehead atoms. The first kappa shape index (κ1) is 19.1. The van der Waals surface area contributed by atoms with Crippen molar-refractivity contribution in [2.75, 3.05) is 13.1 Å². The van der Waals surface area contributed by atoms with Crippen molar-refractivity contribution in [2.45, 2.75) is 24.3 Å². The number of sulfonamides is 1. The Bertz CT molecular complexity index is 645. The quantitative estimate of drug-likeness (QED) is 0.646. The van der Waals surface area contributed by atoms with Crippen molar-refractivity contribution in [2.24, 2.45) is 11.7 Å². The molecule has 10 heteroatoms. The minimum Gasteiger partial charge on any atom is -0.327 e. The minimum atomic E-state index is -4.68. The summed E-state index contributed by atoms with van der Waals surface area (Å²) in [6, 6.07) is -0.270. The molecular weight excluding hydrogens is 348 g/mol. The number of nitrogens with two attached hydrogens (primary N) is 1. The highest BCUT2D eigenvalue weighted by Gasteiger charge is 2.37. The second-order valence-corrected chi connectivity index (χ2v) is 6.96. The third-order valence-electron chi connectivity index (χ3n) is 3.60. The van der Waals surface area contributed by atoms with E-state index in [0.717, 1.165) is 4.31 Å². The second-order valence-electron chi connectivity index (χ2n) is 5.09. The van der Waals surface area contributed by atoms with Gasteiger partial charge < -0.3 is 5.73 Å². The van der Waals surface area contributed by atoms with Crippen LogP contribution < -0.4 is 5.73 Å². The van der Waals surface area contributed by atoms with Crippen LogP contribution in [0.3, 0.4) is 0 Å². The van der Waals surface area contributed by atoms with Crippen LogP contribution in [-0.2, 0) is 10.0 Å². The first-order valence-electron chi connectivity index (χ1n) is 6.25. The lowest BCUT2D eigenvalue weighted by Gasteiger charge is -2.34. The largest absolute Gasteiger partial charge is 0.327 e. The topological polar surface area (TPSA) is 63.4 Å². The first-order valence-corrected chi connectivity index (χ1v) is 7.69. The minimum absolute atomic E-state index is 0. The zero-order chi connectivity index (χ0) is 15.9. The summed E-state index contributed by atoms with van der Waals surface area (Å²) in [6.07, 6.45) is 0.293. The fraction of sp³-hybridized carbons (Fsp3) is 0.500. The van der Waals surface area contributed by atoms with E-state index in [2.05, 4.69) is 0 Å². The predicted octanol–water partition coefficient (Wildman–Crippen LogP) is 2.02. The maximum atomic E-state index is 13.7. The van der Waals surface area contributed by atoms with E-state index in [0.29, 0.717) is 6.42 Å². The average molecular weight is 363 g/mol. The van der Waals surface area contributed by atoms with E-state index in [4.69, 9.17) is 5.73 Å². The summed E-state index contributed by atoms with van der Waals surface area (Å²) in [7, 11) is -4.68. The van der Waals surface area contributed by atoms with E-state index in [1.807, 2.05) is 0 Å². The Morgan fingerprint density at radius 1 is 1.18 bits per heavy atom. The fourth-order valence-electron chi connectivity index (χ4n) is 2.25. The fourth-order valence-corrected chi connectivity index (χ4v) is 3.93. The molecule has 126 valence electrons. The molecule has 1 aliphatic rings. The third-order valence-corrected chi connectivity index (χ3v) is 5.49. The Kier molecular flexibility index (Phi) is 5.82. The van der Waals surface area contributed by atoms with Crippen molar-refractivity contribution < 1.29 is 26.0 Å². The summed E-state index contributed by atoms with van der Waals surface area (Å²) in [5.74, 6) is -7.59. The summed E-state index contributed by atoms with van der Waals surface area (Å²) in [4.78, 5) is -1.59. The van der Waals surface area contributed by atoms with Crippen LogP contribution in [0, 0.1) is 29.2 Å². The number of benzene rings is 1. The number of nitrogens with zero attached hydrogens (tertiary/aromatic N) is 1. The number of rotatable bonds is 2. The molecule has 2 N–H and O–H groups in total. The molecule has 22 heavy (non-hydrogen) atoms. The van der Waals surface area contributed by atoms with E-state index in [9.17, 15) is 26.0 Å². The SMILES string of the molecule is CC1CN(S(=O)(=O)c2c(F)c(F)cc(F)c2F)CCC1N.Cl. The van der Waals surface area contributed by atoms with Crippen LogP contribution >= 0.6 is 12.4 Å². The molecule has 2 rings (SSSR count). The molecule has 2 atom stereocenters.